The number of benzene rings is 3. The van der Waals surface area contributed by atoms with Gasteiger partial charge in [-0.1, -0.05) is 61.5 Å². The summed E-state index contributed by atoms with van der Waals surface area (Å²) in [6.07, 6.45) is 0.963. The van der Waals surface area contributed by atoms with E-state index in [9.17, 15) is 9.59 Å². The molecule has 2 saturated heterocycles. The van der Waals surface area contributed by atoms with Crippen LogP contribution in [0.25, 0.3) is 0 Å². The molecule has 1 amide bonds. The number of carbonyl (C=O) groups is 2. The molecule has 2 heterocycles. The first-order chi connectivity index (χ1) is 16.6. The predicted molar refractivity (Wildman–Crippen MR) is 131 cm³/mol. The van der Waals surface area contributed by atoms with Gasteiger partial charge >= 0.3 is 5.97 Å². The summed E-state index contributed by atoms with van der Waals surface area (Å²) in [5.74, 6) is -0.350. The Hall–Kier alpha value is -3.48. The van der Waals surface area contributed by atoms with Crippen molar-refractivity contribution in [2.45, 2.75) is 38.4 Å². The van der Waals surface area contributed by atoms with Gasteiger partial charge in [0.25, 0.3) is 0 Å². The molecule has 2 fully saturated rings. The number of anilines is 1. The van der Waals surface area contributed by atoms with Gasteiger partial charge < -0.3 is 9.64 Å². The summed E-state index contributed by atoms with van der Waals surface area (Å²) in [6.45, 7) is 4.24. The lowest BCUT2D eigenvalue weighted by molar-refractivity contribution is -0.119. The number of esters is 1. The molecule has 0 bridgehead atoms. The van der Waals surface area contributed by atoms with Crippen LogP contribution in [0, 0.1) is 5.92 Å². The van der Waals surface area contributed by atoms with Gasteiger partial charge in [0.1, 0.15) is 6.04 Å². The molecule has 2 aliphatic heterocycles. The molecule has 2 N–H and O–H groups in total. The van der Waals surface area contributed by atoms with E-state index in [-0.39, 0.29) is 35.9 Å². The van der Waals surface area contributed by atoms with Gasteiger partial charge in [0.2, 0.25) is 5.91 Å². The molecule has 0 aliphatic carbocycles. The van der Waals surface area contributed by atoms with Crippen LogP contribution in [0.1, 0.15) is 53.0 Å². The Kier molecular flexibility index (Phi) is 6.18. The third-order valence-electron chi connectivity index (χ3n) is 6.86. The fourth-order valence-corrected chi connectivity index (χ4v) is 5.16. The lowest BCUT2D eigenvalue weighted by Crippen LogP contribution is -2.41. The van der Waals surface area contributed by atoms with E-state index < -0.39 is 0 Å². The Morgan fingerprint density at radius 3 is 2.18 bits per heavy atom. The van der Waals surface area contributed by atoms with Crippen LogP contribution in [-0.4, -0.2) is 24.5 Å². The molecule has 34 heavy (non-hydrogen) atoms. The molecule has 174 valence electrons. The molecule has 2 aliphatic rings. The molecular formula is C28H29N3O3. The van der Waals surface area contributed by atoms with Crippen LogP contribution in [-0.2, 0) is 16.0 Å². The second-order valence-electron chi connectivity index (χ2n) is 8.75. The van der Waals surface area contributed by atoms with Crippen LogP contribution >= 0.6 is 0 Å². The predicted octanol–water partition coefficient (Wildman–Crippen LogP) is 4.35. The summed E-state index contributed by atoms with van der Waals surface area (Å²) in [5.41, 5.74) is 11.4. The minimum Gasteiger partial charge on any atom is -0.462 e. The van der Waals surface area contributed by atoms with Crippen LogP contribution in [0.4, 0.5) is 5.69 Å². The highest BCUT2D eigenvalue weighted by atomic mass is 16.5. The third-order valence-corrected chi connectivity index (χ3v) is 6.86. The molecule has 3 aromatic carbocycles. The molecular weight excluding hydrogens is 426 g/mol. The highest BCUT2D eigenvalue weighted by Crippen LogP contribution is 2.48. The Bertz CT molecular complexity index is 1160. The van der Waals surface area contributed by atoms with Crippen LogP contribution in [0.2, 0.25) is 0 Å². The maximum absolute atomic E-state index is 13.7. The molecule has 6 nitrogen and oxygen atoms in total. The highest BCUT2D eigenvalue weighted by molar-refractivity contribution is 6.02. The fourth-order valence-electron chi connectivity index (χ4n) is 5.16. The molecule has 6 heteroatoms. The van der Waals surface area contributed by atoms with E-state index in [0.717, 1.165) is 23.2 Å². The smallest absolute Gasteiger partial charge is 0.338 e. The zero-order valence-electron chi connectivity index (χ0n) is 19.4. The minimum absolute atomic E-state index is 0.00731. The molecule has 0 spiro atoms. The van der Waals surface area contributed by atoms with Gasteiger partial charge in [-0.25, -0.2) is 15.6 Å². The number of ether oxygens (including phenoxy) is 1. The molecule has 0 radical (unpaired) electrons. The second kappa shape index (κ2) is 9.41. The molecule has 4 atom stereocenters. The van der Waals surface area contributed by atoms with Gasteiger partial charge in [-0.05, 0) is 54.3 Å². The van der Waals surface area contributed by atoms with Crippen LogP contribution in [0.3, 0.4) is 0 Å². The van der Waals surface area contributed by atoms with Crippen LogP contribution < -0.4 is 15.8 Å². The molecule has 3 aromatic rings. The van der Waals surface area contributed by atoms with Crippen molar-refractivity contribution < 1.29 is 14.3 Å². The number of hydrogen-bond acceptors (Lipinski definition) is 5. The number of hydrogen-bond donors (Lipinski definition) is 2. The number of carbonyl (C=O) groups excluding carboxylic acids is 2. The number of nitrogens with zero attached hydrogens (tertiary/aromatic N) is 1. The Balaban J connectivity index is 1.56. The molecule has 4 unspecified atom stereocenters. The number of aryl methyl sites for hydroxylation is 1. The average Bonchev–Trinajstić information content (AvgIpc) is 3.44. The van der Waals surface area contributed by atoms with E-state index in [1.165, 1.54) is 5.56 Å². The zero-order chi connectivity index (χ0) is 23.7. The zero-order valence-corrected chi connectivity index (χ0v) is 19.4. The van der Waals surface area contributed by atoms with E-state index in [2.05, 4.69) is 54.2 Å². The quantitative estimate of drug-likeness (QED) is 0.541. The Labute approximate surface area is 199 Å². The van der Waals surface area contributed by atoms with E-state index in [1.54, 1.807) is 19.1 Å². The highest BCUT2D eigenvalue weighted by Gasteiger charge is 2.55. The lowest BCUT2D eigenvalue weighted by atomic mass is 9.83. The number of rotatable bonds is 6. The first-order valence-electron chi connectivity index (χ1n) is 11.9. The molecule has 5 rings (SSSR count). The van der Waals surface area contributed by atoms with E-state index in [1.807, 2.05) is 35.2 Å². The van der Waals surface area contributed by atoms with Gasteiger partial charge in [-0.2, -0.15) is 0 Å². The largest absolute Gasteiger partial charge is 0.462 e. The SMILES string of the molecule is CCOC(=O)c1ccc(N2C(=O)C3NNC(c4ccccc4)C3C2c2ccc(CC)cc2)cc1. The third kappa shape index (κ3) is 3.89. The van der Waals surface area contributed by atoms with Crippen molar-refractivity contribution in [3.05, 3.63) is 101 Å². The minimum atomic E-state index is -0.361. The van der Waals surface area contributed by atoms with Crippen molar-refractivity contribution in [3.8, 4) is 0 Å². The normalized spacial score (nSPS) is 23.7. The monoisotopic (exact) mass is 455 g/mol. The number of fused-ring (bicyclic) bond motifs is 1. The fraction of sp³-hybridized carbons (Fsp3) is 0.286. The van der Waals surface area contributed by atoms with E-state index in [0.29, 0.717) is 12.2 Å². The number of hydrazine groups is 1. The van der Waals surface area contributed by atoms with Crippen molar-refractivity contribution >= 4 is 17.6 Å². The van der Waals surface area contributed by atoms with Crippen LogP contribution in [0.5, 0.6) is 0 Å². The first kappa shape index (κ1) is 22.3. The summed E-state index contributed by atoms with van der Waals surface area (Å²) in [7, 11) is 0. The van der Waals surface area contributed by atoms with Gasteiger partial charge in [0.15, 0.2) is 0 Å². The van der Waals surface area contributed by atoms with Crippen molar-refractivity contribution in [2.75, 3.05) is 11.5 Å². The van der Waals surface area contributed by atoms with Crippen LogP contribution in [0.15, 0.2) is 78.9 Å². The summed E-state index contributed by atoms with van der Waals surface area (Å²) in [5, 5.41) is 0. The second-order valence-corrected chi connectivity index (χ2v) is 8.75. The Morgan fingerprint density at radius 1 is 0.853 bits per heavy atom. The summed E-state index contributed by atoms with van der Waals surface area (Å²) >= 11 is 0. The number of nitrogens with one attached hydrogen (secondary N) is 2. The van der Waals surface area contributed by atoms with Crippen molar-refractivity contribution in [2.24, 2.45) is 5.92 Å². The lowest BCUT2D eigenvalue weighted by Gasteiger charge is -2.31. The summed E-state index contributed by atoms with van der Waals surface area (Å²) < 4.78 is 5.11. The van der Waals surface area contributed by atoms with Gasteiger partial charge in [0.05, 0.1) is 24.3 Å². The maximum Gasteiger partial charge on any atom is 0.338 e. The van der Waals surface area contributed by atoms with Gasteiger partial charge in [0, 0.05) is 11.6 Å². The average molecular weight is 456 g/mol. The van der Waals surface area contributed by atoms with Crippen molar-refractivity contribution in [3.63, 3.8) is 0 Å². The summed E-state index contributed by atoms with van der Waals surface area (Å²) in [4.78, 5) is 27.7. The summed E-state index contributed by atoms with van der Waals surface area (Å²) in [6, 6.07) is 25.4. The number of amides is 1. The molecule has 0 saturated carbocycles. The van der Waals surface area contributed by atoms with E-state index in [4.69, 9.17) is 4.74 Å². The van der Waals surface area contributed by atoms with Gasteiger partial charge in [-0.3, -0.25) is 4.79 Å². The first-order valence-corrected chi connectivity index (χ1v) is 11.9. The van der Waals surface area contributed by atoms with E-state index >= 15 is 0 Å². The molecule has 0 aromatic heterocycles. The van der Waals surface area contributed by atoms with Crippen molar-refractivity contribution in [1.82, 2.24) is 10.9 Å². The topological polar surface area (TPSA) is 70.7 Å². The standard InChI is InChI=1S/C28H29N3O3/c1-3-18-10-12-20(13-11-18)26-23-24(19-8-6-5-7-9-19)29-30-25(23)27(32)31(26)22-16-14-21(15-17-22)28(33)34-4-2/h5-17,23-26,29-30H,3-4H2,1-2H3. The maximum atomic E-state index is 13.7. The Morgan fingerprint density at radius 2 is 1.53 bits per heavy atom. The van der Waals surface area contributed by atoms with Gasteiger partial charge in [-0.15, -0.1) is 0 Å². The van der Waals surface area contributed by atoms with Crippen molar-refractivity contribution in [1.29, 1.82) is 0 Å².